The zero-order valence-corrected chi connectivity index (χ0v) is 12.4. The van der Waals surface area contributed by atoms with Crippen LogP contribution in [0.1, 0.15) is 0 Å². The summed E-state index contributed by atoms with van der Waals surface area (Å²) in [6.07, 6.45) is 0. The van der Waals surface area contributed by atoms with Crippen molar-refractivity contribution in [3.8, 4) is 5.75 Å². The molecule has 2 rings (SSSR count). The molecule has 1 aliphatic heterocycles. The van der Waals surface area contributed by atoms with Crippen LogP contribution in [0.3, 0.4) is 0 Å². The van der Waals surface area contributed by atoms with Gasteiger partial charge < -0.3 is 15.4 Å². The lowest BCUT2D eigenvalue weighted by molar-refractivity contribution is -0.123. The molecule has 1 aromatic carbocycles. The van der Waals surface area contributed by atoms with Crippen LogP contribution >= 0.6 is 35.6 Å². The molecule has 0 radical (unpaired) electrons. The standard InChI is InChI=1S/C12H14Cl2N2O2.ClH/c13-9-2-1-3-10(14)12(9)18-7-11(17)16-6-8-4-15-5-8;/h1-3,8,15H,4-7H2,(H,16,17);1H. The van der Waals surface area contributed by atoms with Crippen LogP contribution in [0, 0.1) is 5.92 Å². The third-order valence-corrected chi connectivity index (χ3v) is 3.32. The average Bonchev–Trinajstić information content (AvgIpc) is 2.26. The summed E-state index contributed by atoms with van der Waals surface area (Å²) in [6.45, 7) is 2.50. The van der Waals surface area contributed by atoms with Gasteiger partial charge in [-0.15, -0.1) is 12.4 Å². The Morgan fingerprint density at radius 2 is 2.00 bits per heavy atom. The van der Waals surface area contributed by atoms with E-state index in [4.69, 9.17) is 27.9 Å². The maximum Gasteiger partial charge on any atom is 0.257 e. The molecule has 0 spiro atoms. The van der Waals surface area contributed by atoms with E-state index in [0.29, 0.717) is 28.3 Å². The Labute approximate surface area is 128 Å². The highest BCUT2D eigenvalue weighted by atomic mass is 35.5. The van der Waals surface area contributed by atoms with Gasteiger partial charge in [-0.3, -0.25) is 4.79 Å². The maximum absolute atomic E-state index is 11.5. The maximum atomic E-state index is 11.5. The molecule has 1 amide bonds. The Balaban J connectivity index is 0.00000180. The van der Waals surface area contributed by atoms with Gasteiger partial charge in [0.15, 0.2) is 12.4 Å². The smallest absolute Gasteiger partial charge is 0.257 e. The molecule has 1 saturated heterocycles. The number of para-hydroxylation sites is 1. The molecule has 1 aromatic rings. The average molecular weight is 326 g/mol. The molecule has 1 heterocycles. The van der Waals surface area contributed by atoms with Crippen molar-refractivity contribution < 1.29 is 9.53 Å². The lowest BCUT2D eigenvalue weighted by atomic mass is 10.0. The fourth-order valence-electron chi connectivity index (χ4n) is 1.56. The fraction of sp³-hybridized carbons (Fsp3) is 0.417. The molecule has 0 aromatic heterocycles. The molecule has 0 bridgehead atoms. The first-order chi connectivity index (χ1) is 8.66. The second-order valence-electron chi connectivity index (χ2n) is 4.17. The summed E-state index contributed by atoms with van der Waals surface area (Å²) in [4.78, 5) is 11.5. The van der Waals surface area contributed by atoms with Gasteiger partial charge in [0.1, 0.15) is 0 Å². The first kappa shape index (κ1) is 16.4. The van der Waals surface area contributed by atoms with E-state index in [2.05, 4.69) is 10.6 Å². The Morgan fingerprint density at radius 3 is 2.53 bits per heavy atom. The monoisotopic (exact) mass is 324 g/mol. The predicted octanol–water partition coefficient (Wildman–Crippen LogP) is 2.13. The van der Waals surface area contributed by atoms with Crippen LogP contribution in [0.2, 0.25) is 10.0 Å². The van der Waals surface area contributed by atoms with Crippen LogP contribution in [0.4, 0.5) is 0 Å². The van der Waals surface area contributed by atoms with E-state index in [1.165, 1.54) is 0 Å². The highest BCUT2D eigenvalue weighted by molar-refractivity contribution is 6.37. The Hall–Kier alpha value is -0.680. The summed E-state index contributed by atoms with van der Waals surface area (Å²) in [6, 6.07) is 5.06. The first-order valence-corrected chi connectivity index (χ1v) is 6.46. The van der Waals surface area contributed by atoms with Crippen molar-refractivity contribution in [3.05, 3.63) is 28.2 Å². The van der Waals surface area contributed by atoms with Gasteiger partial charge in [-0.05, 0) is 12.1 Å². The summed E-state index contributed by atoms with van der Waals surface area (Å²) in [5.41, 5.74) is 0. The molecular formula is C12H15Cl3N2O2. The number of nitrogens with one attached hydrogen (secondary N) is 2. The molecule has 0 aliphatic carbocycles. The van der Waals surface area contributed by atoms with Crippen LogP contribution in [0.15, 0.2) is 18.2 Å². The van der Waals surface area contributed by atoms with Gasteiger partial charge in [0, 0.05) is 25.6 Å². The summed E-state index contributed by atoms with van der Waals surface area (Å²) < 4.78 is 5.32. The molecule has 19 heavy (non-hydrogen) atoms. The quantitative estimate of drug-likeness (QED) is 0.872. The molecule has 0 atom stereocenters. The van der Waals surface area contributed by atoms with E-state index in [1.807, 2.05) is 0 Å². The fourth-order valence-corrected chi connectivity index (χ4v) is 2.07. The topological polar surface area (TPSA) is 50.4 Å². The van der Waals surface area contributed by atoms with Gasteiger partial charge in [-0.1, -0.05) is 29.3 Å². The third-order valence-electron chi connectivity index (χ3n) is 2.72. The van der Waals surface area contributed by atoms with E-state index in [1.54, 1.807) is 18.2 Å². The number of halogens is 3. The van der Waals surface area contributed by atoms with Crippen LogP contribution in [-0.2, 0) is 4.79 Å². The predicted molar refractivity (Wildman–Crippen MR) is 78.6 cm³/mol. The zero-order valence-electron chi connectivity index (χ0n) is 10.1. The zero-order chi connectivity index (χ0) is 13.0. The van der Waals surface area contributed by atoms with Crippen LogP contribution in [0.25, 0.3) is 0 Å². The molecule has 106 valence electrons. The van der Waals surface area contributed by atoms with Gasteiger partial charge in [-0.2, -0.15) is 0 Å². The molecular weight excluding hydrogens is 311 g/mol. The minimum absolute atomic E-state index is 0. The summed E-state index contributed by atoms with van der Waals surface area (Å²) in [7, 11) is 0. The highest BCUT2D eigenvalue weighted by Gasteiger charge is 2.17. The number of amides is 1. The number of carbonyl (C=O) groups is 1. The number of carbonyl (C=O) groups excluding carboxylic acids is 1. The number of rotatable bonds is 5. The molecule has 1 aliphatic rings. The van der Waals surface area contributed by atoms with E-state index in [9.17, 15) is 4.79 Å². The first-order valence-electron chi connectivity index (χ1n) is 5.71. The molecule has 0 unspecified atom stereocenters. The van der Waals surface area contributed by atoms with E-state index >= 15 is 0 Å². The van der Waals surface area contributed by atoms with Crippen molar-refractivity contribution in [3.63, 3.8) is 0 Å². The lowest BCUT2D eigenvalue weighted by Gasteiger charge is -2.27. The van der Waals surface area contributed by atoms with E-state index in [0.717, 1.165) is 13.1 Å². The normalized spacial score (nSPS) is 14.2. The lowest BCUT2D eigenvalue weighted by Crippen LogP contribution is -2.48. The summed E-state index contributed by atoms with van der Waals surface area (Å²) >= 11 is 11.8. The third kappa shape index (κ3) is 4.73. The number of ether oxygens (including phenoxy) is 1. The molecule has 7 heteroatoms. The van der Waals surface area contributed by atoms with Crippen LogP contribution < -0.4 is 15.4 Å². The minimum atomic E-state index is -0.169. The van der Waals surface area contributed by atoms with Gasteiger partial charge in [0.25, 0.3) is 5.91 Å². The Morgan fingerprint density at radius 1 is 1.37 bits per heavy atom. The number of hydrogen-bond donors (Lipinski definition) is 2. The summed E-state index contributed by atoms with van der Waals surface area (Å²) in [5, 5.41) is 6.75. The van der Waals surface area contributed by atoms with Crippen molar-refractivity contribution in [2.24, 2.45) is 5.92 Å². The van der Waals surface area contributed by atoms with Gasteiger partial charge in [0.2, 0.25) is 0 Å². The van der Waals surface area contributed by atoms with Gasteiger partial charge in [0.05, 0.1) is 10.0 Å². The van der Waals surface area contributed by atoms with Crippen LogP contribution in [-0.4, -0.2) is 32.1 Å². The second-order valence-corrected chi connectivity index (χ2v) is 4.98. The van der Waals surface area contributed by atoms with Crippen molar-refractivity contribution in [1.29, 1.82) is 0 Å². The minimum Gasteiger partial charge on any atom is -0.481 e. The number of hydrogen-bond acceptors (Lipinski definition) is 3. The molecule has 2 N–H and O–H groups in total. The van der Waals surface area contributed by atoms with Crippen molar-refractivity contribution in [2.75, 3.05) is 26.2 Å². The molecule has 0 saturated carbocycles. The highest BCUT2D eigenvalue weighted by Crippen LogP contribution is 2.32. The van der Waals surface area contributed by atoms with Crippen molar-refractivity contribution >= 4 is 41.5 Å². The van der Waals surface area contributed by atoms with E-state index in [-0.39, 0.29) is 24.9 Å². The SMILES string of the molecule is Cl.O=C(COc1c(Cl)cccc1Cl)NCC1CNC1. The van der Waals surface area contributed by atoms with Crippen molar-refractivity contribution in [2.45, 2.75) is 0 Å². The van der Waals surface area contributed by atoms with Crippen molar-refractivity contribution in [1.82, 2.24) is 10.6 Å². The Kier molecular flexibility index (Phi) is 6.72. The molecule has 4 nitrogen and oxygen atoms in total. The van der Waals surface area contributed by atoms with Gasteiger partial charge >= 0.3 is 0 Å². The molecule has 1 fully saturated rings. The number of benzene rings is 1. The largest absolute Gasteiger partial charge is 0.481 e. The van der Waals surface area contributed by atoms with E-state index < -0.39 is 0 Å². The summed E-state index contributed by atoms with van der Waals surface area (Å²) in [5.74, 6) is 0.706. The Bertz CT molecular complexity index is 419. The second kappa shape index (κ2) is 7.80. The van der Waals surface area contributed by atoms with Crippen LogP contribution in [0.5, 0.6) is 5.75 Å². The van der Waals surface area contributed by atoms with Gasteiger partial charge in [-0.25, -0.2) is 0 Å².